The van der Waals surface area contributed by atoms with Gasteiger partial charge in [-0.2, -0.15) is 0 Å². The summed E-state index contributed by atoms with van der Waals surface area (Å²) in [5.74, 6) is -0.467. The van der Waals surface area contributed by atoms with Gasteiger partial charge >= 0.3 is 5.69 Å². The number of H-pyrrole nitrogens is 1. The lowest BCUT2D eigenvalue weighted by Crippen LogP contribution is -2.36. The molecule has 0 amide bonds. The van der Waals surface area contributed by atoms with Crippen LogP contribution in [0.3, 0.4) is 0 Å². The zero-order valence-electron chi connectivity index (χ0n) is 13.1. The number of Topliss-reactive ketones (excluding diaryl/α,β-unsaturated/α-hetero) is 1. The highest BCUT2D eigenvalue weighted by Crippen LogP contribution is 2.35. The molecule has 3 aromatic rings. The summed E-state index contributed by atoms with van der Waals surface area (Å²) in [6.07, 6.45) is 5.20. The van der Waals surface area contributed by atoms with Gasteiger partial charge in [0.1, 0.15) is 11.4 Å². The molecule has 0 atom stereocenters. The van der Waals surface area contributed by atoms with E-state index in [1.54, 1.807) is 6.20 Å². The third-order valence-electron chi connectivity index (χ3n) is 4.11. The minimum absolute atomic E-state index is 0.00413. The molecule has 128 valence electrons. The van der Waals surface area contributed by atoms with Gasteiger partial charge < -0.3 is 5.73 Å². The highest BCUT2D eigenvalue weighted by Gasteiger charge is 2.30. The largest absolute Gasteiger partial charge is 0.384 e. The topological polar surface area (TPSA) is 115 Å². The van der Waals surface area contributed by atoms with Gasteiger partial charge in [0.05, 0.1) is 17.5 Å². The Labute approximate surface area is 145 Å². The number of nitrogens with zero attached hydrogens (tertiary/aromatic N) is 3. The molecule has 3 N–H and O–H groups in total. The molecule has 0 aromatic carbocycles. The van der Waals surface area contributed by atoms with Gasteiger partial charge in [0.25, 0.3) is 5.56 Å². The van der Waals surface area contributed by atoms with E-state index in [0.717, 1.165) is 18.4 Å². The first-order valence-corrected chi connectivity index (χ1v) is 8.77. The number of thioether (sulfide) groups is 1. The minimum atomic E-state index is -0.738. The number of nitrogens with two attached hydrogens (primary N) is 1. The van der Waals surface area contributed by atoms with Gasteiger partial charge in [0, 0.05) is 12.2 Å². The van der Waals surface area contributed by atoms with E-state index in [-0.39, 0.29) is 23.2 Å². The van der Waals surface area contributed by atoms with Crippen LogP contribution in [0.4, 0.5) is 5.82 Å². The van der Waals surface area contributed by atoms with Crippen molar-refractivity contribution in [2.45, 2.75) is 24.0 Å². The maximum absolute atomic E-state index is 12.6. The van der Waals surface area contributed by atoms with Crippen molar-refractivity contribution < 1.29 is 4.79 Å². The van der Waals surface area contributed by atoms with Gasteiger partial charge in [0.15, 0.2) is 10.9 Å². The smallest absolute Gasteiger partial charge is 0.330 e. The van der Waals surface area contributed by atoms with E-state index in [9.17, 15) is 14.4 Å². The molecule has 1 aliphatic rings. The molecule has 0 aliphatic heterocycles. The summed E-state index contributed by atoms with van der Waals surface area (Å²) in [7, 11) is 0. The standard InChI is InChI=1S/C16H15N5O3S/c17-13-12(14(23)19-15(24)21(13)9-4-5-9)11(22)8-25-16-18-7-10-3-1-2-6-20(10)16/h1-3,6-7,9H,4-5,8,17H2,(H,19,23,24). The van der Waals surface area contributed by atoms with Crippen molar-refractivity contribution in [1.29, 1.82) is 0 Å². The van der Waals surface area contributed by atoms with Gasteiger partial charge in [-0.05, 0) is 25.0 Å². The number of carbonyl (C=O) groups is 1. The summed E-state index contributed by atoms with van der Waals surface area (Å²) in [6.45, 7) is 0. The maximum Gasteiger partial charge on any atom is 0.330 e. The molecule has 25 heavy (non-hydrogen) atoms. The molecule has 0 unspecified atom stereocenters. The van der Waals surface area contributed by atoms with Gasteiger partial charge in [-0.25, -0.2) is 9.78 Å². The first kappa shape index (κ1) is 15.7. The predicted octanol–water partition coefficient (Wildman–Crippen LogP) is 1.08. The third-order valence-corrected chi connectivity index (χ3v) is 5.08. The lowest BCUT2D eigenvalue weighted by molar-refractivity contribution is 0.102. The first-order valence-electron chi connectivity index (χ1n) is 7.78. The van der Waals surface area contributed by atoms with Crippen LogP contribution in [-0.4, -0.2) is 30.5 Å². The van der Waals surface area contributed by atoms with E-state index in [0.29, 0.717) is 5.16 Å². The number of aromatic nitrogens is 4. The summed E-state index contributed by atoms with van der Waals surface area (Å²) < 4.78 is 3.17. The van der Waals surface area contributed by atoms with Crippen LogP contribution in [0, 0.1) is 0 Å². The van der Waals surface area contributed by atoms with E-state index in [2.05, 4.69) is 9.97 Å². The van der Waals surface area contributed by atoms with E-state index < -0.39 is 17.0 Å². The van der Waals surface area contributed by atoms with Crippen molar-refractivity contribution in [3.63, 3.8) is 0 Å². The fourth-order valence-corrected chi connectivity index (χ4v) is 3.60. The van der Waals surface area contributed by atoms with Gasteiger partial charge in [0.2, 0.25) is 0 Å². The van der Waals surface area contributed by atoms with Crippen LogP contribution in [0.1, 0.15) is 29.2 Å². The Bertz CT molecular complexity index is 1090. The summed E-state index contributed by atoms with van der Waals surface area (Å²) in [4.78, 5) is 43.0. The quantitative estimate of drug-likeness (QED) is 0.521. The number of fused-ring (bicyclic) bond motifs is 1. The number of nitrogens with one attached hydrogen (secondary N) is 1. The fraction of sp³-hybridized carbons (Fsp3) is 0.250. The van der Waals surface area contributed by atoms with Gasteiger partial charge in [-0.1, -0.05) is 17.8 Å². The second-order valence-corrected chi connectivity index (χ2v) is 6.81. The SMILES string of the molecule is Nc1c(C(=O)CSc2ncc3ccccn23)c(=O)[nH]c(=O)n1C1CC1. The lowest BCUT2D eigenvalue weighted by Gasteiger charge is -2.10. The van der Waals surface area contributed by atoms with E-state index in [1.807, 2.05) is 28.8 Å². The van der Waals surface area contributed by atoms with Crippen LogP contribution in [0.5, 0.6) is 0 Å². The van der Waals surface area contributed by atoms with Crippen molar-refractivity contribution in [3.05, 3.63) is 57.0 Å². The number of hydrogen-bond acceptors (Lipinski definition) is 6. The molecule has 0 spiro atoms. The molecule has 0 bridgehead atoms. The molecule has 8 nitrogen and oxygen atoms in total. The number of ketones is 1. The zero-order chi connectivity index (χ0) is 17.6. The molecule has 3 aromatic heterocycles. The van der Waals surface area contributed by atoms with Crippen molar-refractivity contribution >= 4 is 28.9 Å². The molecule has 1 aliphatic carbocycles. The average Bonchev–Trinajstić information content (AvgIpc) is 3.32. The Kier molecular flexibility index (Phi) is 3.72. The first-order chi connectivity index (χ1) is 12.1. The lowest BCUT2D eigenvalue weighted by atomic mass is 10.2. The predicted molar refractivity (Wildman–Crippen MR) is 94.3 cm³/mol. The Balaban J connectivity index is 1.62. The van der Waals surface area contributed by atoms with Crippen LogP contribution >= 0.6 is 11.8 Å². The Morgan fingerprint density at radius 3 is 2.92 bits per heavy atom. The van der Waals surface area contributed by atoms with Crippen molar-refractivity contribution in [2.75, 3.05) is 11.5 Å². The number of aromatic amines is 1. The number of anilines is 1. The molecule has 4 rings (SSSR count). The van der Waals surface area contributed by atoms with Crippen LogP contribution in [0.2, 0.25) is 0 Å². The number of imidazole rings is 1. The number of carbonyl (C=O) groups excluding carboxylic acids is 1. The Morgan fingerprint density at radius 1 is 1.36 bits per heavy atom. The summed E-state index contributed by atoms with van der Waals surface area (Å²) in [5, 5.41) is 0.648. The second kappa shape index (κ2) is 5.92. The van der Waals surface area contributed by atoms with Crippen molar-refractivity contribution in [2.24, 2.45) is 0 Å². The highest BCUT2D eigenvalue weighted by atomic mass is 32.2. The number of hydrogen-bond donors (Lipinski definition) is 2. The normalized spacial score (nSPS) is 14.1. The molecule has 0 radical (unpaired) electrons. The van der Waals surface area contributed by atoms with Crippen LogP contribution in [0.15, 0.2) is 45.3 Å². The fourth-order valence-electron chi connectivity index (χ4n) is 2.76. The number of rotatable bonds is 5. The zero-order valence-corrected chi connectivity index (χ0v) is 14.0. The van der Waals surface area contributed by atoms with Crippen LogP contribution in [0.25, 0.3) is 5.52 Å². The number of nitrogen functional groups attached to an aromatic ring is 1. The van der Waals surface area contributed by atoms with E-state index in [1.165, 1.54) is 16.3 Å². The van der Waals surface area contributed by atoms with E-state index in [4.69, 9.17) is 5.73 Å². The molecular weight excluding hydrogens is 342 g/mol. The molecule has 9 heteroatoms. The molecule has 1 saturated carbocycles. The summed E-state index contributed by atoms with van der Waals surface area (Å²) >= 11 is 1.22. The molecule has 3 heterocycles. The molecular formula is C16H15N5O3S. The van der Waals surface area contributed by atoms with Gasteiger partial charge in [-0.15, -0.1) is 0 Å². The Hall–Kier alpha value is -2.81. The van der Waals surface area contributed by atoms with Crippen molar-refractivity contribution in [1.82, 2.24) is 18.9 Å². The van der Waals surface area contributed by atoms with Gasteiger partial charge in [-0.3, -0.25) is 23.5 Å². The van der Waals surface area contributed by atoms with Crippen molar-refractivity contribution in [3.8, 4) is 0 Å². The number of pyridine rings is 1. The third kappa shape index (κ3) is 2.76. The highest BCUT2D eigenvalue weighted by molar-refractivity contribution is 7.99. The molecule has 0 saturated heterocycles. The molecule has 1 fully saturated rings. The summed E-state index contributed by atoms with van der Waals surface area (Å²) in [6, 6.07) is 5.65. The monoisotopic (exact) mass is 357 g/mol. The maximum atomic E-state index is 12.6. The van der Waals surface area contributed by atoms with Crippen LogP contribution < -0.4 is 17.0 Å². The van der Waals surface area contributed by atoms with Crippen LogP contribution in [-0.2, 0) is 0 Å². The summed E-state index contributed by atoms with van der Waals surface area (Å²) in [5.41, 5.74) is 5.42. The Morgan fingerprint density at radius 2 is 2.16 bits per heavy atom. The average molecular weight is 357 g/mol. The second-order valence-electron chi connectivity index (χ2n) is 5.87. The van der Waals surface area contributed by atoms with E-state index >= 15 is 0 Å². The minimum Gasteiger partial charge on any atom is -0.384 e.